The zero-order valence-corrected chi connectivity index (χ0v) is 21.1. The predicted octanol–water partition coefficient (Wildman–Crippen LogP) is 5.20. The molecule has 1 unspecified atom stereocenters. The Labute approximate surface area is 217 Å². The molecule has 0 bridgehead atoms. The number of carboxylic acid groups (broad SMARTS) is 1. The molecule has 3 aromatic rings. The van der Waals surface area contributed by atoms with Gasteiger partial charge in [0.1, 0.15) is 12.1 Å². The van der Waals surface area contributed by atoms with Gasteiger partial charge in [-0.05, 0) is 41.2 Å². The quantitative estimate of drug-likeness (QED) is 0.399. The summed E-state index contributed by atoms with van der Waals surface area (Å²) in [6.45, 7) is 3.87. The third-order valence-corrected chi connectivity index (χ3v) is 7.00. The molecule has 2 amide bonds. The highest BCUT2D eigenvalue weighted by Crippen LogP contribution is 2.44. The van der Waals surface area contributed by atoms with Crippen LogP contribution in [-0.4, -0.2) is 46.7 Å². The van der Waals surface area contributed by atoms with Crippen LogP contribution in [0.5, 0.6) is 0 Å². The number of nitrogens with zero attached hydrogens (tertiary/aromatic N) is 1. The highest BCUT2D eigenvalue weighted by Gasteiger charge is 2.38. The lowest BCUT2D eigenvalue weighted by Crippen LogP contribution is -2.57. The number of carbonyl (C=O) groups excluding carboxylic acids is 2. The second-order valence-corrected chi connectivity index (χ2v) is 9.49. The number of nitrogens with one attached hydrogen (secondary N) is 1. The van der Waals surface area contributed by atoms with E-state index in [-0.39, 0.29) is 37.9 Å². The first-order chi connectivity index (χ1) is 17.8. The van der Waals surface area contributed by atoms with Crippen LogP contribution in [0.2, 0.25) is 0 Å². The highest BCUT2D eigenvalue weighted by molar-refractivity contribution is 5.90. The number of ether oxygens (including phenoxy) is 1. The molecule has 7 nitrogen and oxygen atoms in total. The van der Waals surface area contributed by atoms with Crippen molar-refractivity contribution in [3.63, 3.8) is 0 Å². The Bertz CT molecular complexity index is 1230. The largest absolute Gasteiger partial charge is 0.481 e. The first-order valence-corrected chi connectivity index (χ1v) is 12.5. The van der Waals surface area contributed by atoms with Crippen LogP contribution in [0, 0.1) is 0 Å². The van der Waals surface area contributed by atoms with E-state index in [1.165, 1.54) is 4.90 Å². The van der Waals surface area contributed by atoms with Crippen LogP contribution in [-0.2, 0) is 20.9 Å². The van der Waals surface area contributed by atoms with Crippen molar-refractivity contribution in [3.8, 4) is 11.1 Å². The van der Waals surface area contributed by atoms with Gasteiger partial charge in [-0.2, -0.15) is 0 Å². The number of hydrogen-bond donors (Lipinski definition) is 2. The van der Waals surface area contributed by atoms with Crippen LogP contribution >= 0.6 is 0 Å². The Balaban J connectivity index is 1.46. The summed E-state index contributed by atoms with van der Waals surface area (Å²) in [6, 6.07) is 25.5. The third-order valence-electron chi connectivity index (χ3n) is 7.00. The van der Waals surface area contributed by atoms with Crippen molar-refractivity contribution < 1.29 is 24.2 Å². The first-order valence-electron chi connectivity index (χ1n) is 12.5. The molecule has 0 radical (unpaired) electrons. The van der Waals surface area contributed by atoms with Gasteiger partial charge in [-0.15, -0.1) is 0 Å². The van der Waals surface area contributed by atoms with Gasteiger partial charge >= 0.3 is 12.1 Å². The van der Waals surface area contributed by atoms with Gasteiger partial charge in [0.15, 0.2) is 0 Å². The van der Waals surface area contributed by atoms with E-state index in [2.05, 4.69) is 17.4 Å². The van der Waals surface area contributed by atoms with E-state index in [0.717, 1.165) is 27.8 Å². The number of hydrogen-bond acceptors (Lipinski definition) is 4. The Hall–Kier alpha value is -4.13. The maximum absolute atomic E-state index is 13.6. The molecule has 1 aliphatic rings. The summed E-state index contributed by atoms with van der Waals surface area (Å²) in [5.74, 6) is -1.44. The van der Waals surface area contributed by atoms with Crippen LogP contribution < -0.4 is 5.32 Å². The maximum Gasteiger partial charge on any atom is 0.408 e. The standard InChI is InChI=1S/C30H32N2O5/c1-3-30(2,28(35)32(18-17-27(33)34)19-21-11-5-4-6-12-21)31-29(36)37-20-26-24-15-9-7-13-22(24)23-14-8-10-16-25(23)26/h4-16,26H,3,17-20H2,1-2H3,(H,31,36)(H,33,34). The third kappa shape index (κ3) is 5.82. The van der Waals surface area contributed by atoms with E-state index in [1.54, 1.807) is 13.8 Å². The summed E-state index contributed by atoms with van der Waals surface area (Å²) in [4.78, 5) is 39.3. The lowest BCUT2D eigenvalue weighted by molar-refractivity contribution is -0.141. The molecule has 37 heavy (non-hydrogen) atoms. The van der Waals surface area contributed by atoms with Crippen molar-refractivity contribution in [2.45, 2.75) is 44.7 Å². The topological polar surface area (TPSA) is 95.9 Å². The molecule has 0 spiro atoms. The fourth-order valence-corrected chi connectivity index (χ4v) is 4.79. The van der Waals surface area contributed by atoms with E-state index < -0.39 is 17.6 Å². The van der Waals surface area contributed by atoms with Gasteiger partial charge in [0.05, 0.1) is 6.42 Å². The Kier molecular flexibility index (Phi) is 7.92. The first kappa shape index (κ1) is 25.9. The molecule has 2 N–H and O–H groups in total. The van der Waals surface area contributed by atoms with E-state index in [0.29, 0.717) is 6.42 Å². The summed E-state index contributed by atoms with van der Waals surface area (Å²) in [7, 11) is 0. The molecule has 0 fully saturated rings. The zero-order chi connectivity index (χ0) is 26.4. The number of benzene rings is 3. The monoisotopic (exact) mass is 500 g/mol. The van der Waals surface area contributed by atoms with Gasteiger partial charge in [-0.1, -0.05) is 85.8 Å². The molecule has 1 atom stereocenters. The number of carbonyl (C=O) groups is 3. The van der Waals surface area contributed by atoms with Crippen LogP contribution in [0.3, 0.4) is 0 Å². The summed E-state index contributed by atoms with van der Waals surface area (Å²) in [6.07, 6.45) is -0.560. The van der Waals surface area contributed by atoms with Gasteiger partial charge in [-0.3, -0.25) is 9.59 Å². The van der Waals surface area contributed by atoms with E-state index >= 15 is 0 Å². The fraction of sp³-hybridized carbons (Fsp3) is 0.300. The zero-order valence-electron chi connectivity index (χ0n) is 21.1. The Morgan fingerprint density at radius 3 is 2.05 bits per heavy atom. The molecule has 7 heteroatoms. The van der Waals surface area contributed by atoms with Gasteiger partial charge in [0.25, 0.3) is 0 Å². The second-order valence-electron chi connectivity index (χ2n) is 9.49. The summed E-state index contributed by atoms with van der Waals surface area (Å²) in [5.41, 5.74) is 4.10. The SMILES string of the molecule is CCC(C)(NC(=O)OCC1c2ccccc2-c2ccccc21)C(=O)N(CCC(=O)O)Cc1ccccc1. The number of carboxylic acids is 1. The van der Waals surface area contributed by atoms with Gasteiger partial charge in [0, 0.05) is 19.0 Å². The smallest absolute Gasteiger partial charge is 0.408 e. The minimum atomic E-state index is -1.25. The maximum atomic E-state index is 13.6. The Morgan fingerprint density at radius 1 is 0.919 bits per heavy atom. The van der Waals surface area contributed by atoms with Crippen LogP contribution in [0.25, 0.3) is 11.1 Å². The van der Waals surface area contributed by atoms with Crippen LogP contribution in [0.15, 0.2) is 78.9 Å². The van der Waals surface area contributed by atoms with Crippen LogP contribution in [0.4, 0.5) is 4.79 Å². The molecule has 192 valence electrons. The van der Waals surface area contributed by atoms with Crippen molar-refractivity contribution in [3.05, 3.63) is 95.6 Å². The Morgan fingerprint density at radius 2 is 1.49 bits per heavy atom. The van der Waals surface area contributed by atoms with Crippen molar-refractivity contribution >= 4 is 18.0 Å². The van der Waals surface area contributed by atoms with Crippen molar-refractivity contribution in [1.29, 1.82) is 0 Å². The minimum absolute atomic E-state index is 0.0328. The normalized spacial score (nSPS) is 13.7. The lowest BCUT2D eigenvalue weighted by Gasteiger charge is -2.34. The molecule has 0 saturated carbocycles. The van der Waals surface area contributed by atoms with E-state index in [1.807, 2.05) is 66.7 Å². The van der Waals surface area contributed by atoms with Crippen molar-refractivity contribution in [1.82, 2.24) is 10.2 Å². The highest BCUT2D eigenvalue weighted by atomic mass is 16.5. The average molecular weight is 501 g/mol. The molecular weight excluding hydrogens is 468 g/mol. The molecule has 0 saturated heterocycles. The van der Waals surface area contributed by atoms with E-state index in [4.69, 9.17) is 4.74 Å². The summed E-state index contributed by atoms with van der Waals surface area (Å²) >= 11 is 0. The number of rotatable bonds is 10. The van der Waals surface area contributed by atoms with Gasteiger partial charge in [-0.25, -0.2) is 4.79 Å². The summed E-state index contributed by atoms with van der Waals surface area (Å²) in [5, 5.41) is 12.0. The number of fused-ring (bicyclic) bond motifs is 3. The molecule has 3 aromatic carbocycles. The van der Waals surface area contributed by atoms with Crippen molar-refractivity contribution in [2.75, 3.05) is 13.2 Å². The number of alkyl carbamates (subject to hydrolysis) is 1. The number of aliphatic carboxylic acids is 1. The minimum Gasteiger partial charge on any atom is -0.481 e. The van der Waals surface area contributed by atoms with Crippen LogP contribution in [0.1, 0.15) is 49.3 Å². The average Bonchev–Trinajstić information content (AvgIpc) is 3.23. The molecule has 0 heterocycles. The predicted molar refractivity (Wildman–Crippen MR) is 141 cm³/mol. The second kappa shape index (κ2) is 11.3. The van der Waals surface area contributed by atoms with E-state index in [9.17, 15) is 19.5 Å². The molecule has 0 aromatic heterocycles. The number of amides is 2. The molecular formula is C30H32N2O5. The molecule has 4 rings (SSSR count). The molecule has 1 aliphatic carbocycles. The van der Waals surface area contributed by atoms with Gasteiger partial charge in [0.2, 0.25) is 5.91 Å². The fourth-order valence-electron chi connectivity index (χ4n) is 4.79. The summed E-state index contributed by atoms with van der Waals surface area (Å²) < 4.78 is 5.67. The van der Waals surface area contributed by atoms with Gasteiger partial charge < -0.3 is 20.1 Å². The lowest BCUT2D eigenvalue weighted by atomic mass is 9.96. The van der Waals surface area contributed by atoms with Crippen molar-refractivity contribution in [2.24, 2.45) is 0 Å². The molecule has 0 aliphatic heterocycles.